The van der Waals surface area contributed by atoms with Gasteiger partial charge in [0.2, 0.25) is 0 Å². The van der Waals surface area contributed by atoms with Gasteiger partial charge in [0.15, 0.2) is 69.8 Å². The number of benzene rings is 4. The fourth-order valence-electron chi connectivity index (χ4n) is 11.0. The van der Waals surface area contributed by atoms with E-state index in [1.54, 1.807) is 0 Å². The van der Waals surface area contributed by atoms with Crippen LogP contribution in [0.25, 0.3) is 0 Å². The second kappa shape index (κ2) is 37.1. The Morgan fingerprint density at radius 1 is 0.205 bits per heavy atom. The van der Waals surface area contributed by atoms with Gasteiger partial charge in [0.05, 0.1) is 6.04 Å². The van der Waals surface area contributed by atoms with Crippen LogP contribution < -0.4 is 27.6 Å². The molecule has 3 N–H and O–H groups in total. The minimum absolute atomic E-state index is 0.716. The summed E-state index contributed by atoms with van der Waals surface area (Å²) in [6, 6.07) is 0.716. The van der Waals surface area contributed by atoms with E-state index in [-0.39, 0.29) is 0 Å². The van der Waals surface area contributed by atoms with Gasteiger partial charge in [-0.05, 0) is 25.7 Å². The Morgan fingerprint density at radius 3 is 0.470 bits per heavy atom. The minimum Gasteiger partial charge on any atom is -0.355 e. The first-order valence-corrected chi connectivity index (χ1v) is 29.6. The van der Waals surface area contributed by atoms with Crippen molar-refractivity contribution in [1.82, 2.24) is 0 Å². The molecule has 470 valence electrons. The maximum Gasteiger partial charge on any atom is 0.200 e. The van der Waals surface area contributed by atoms with E-state index in [4.69, 9.17) is 0 Å². The number of unbranched alkanes of at least 4 members (excludes halogenated alkanes) is 30. The molecule has 22 heteroatoms. The average molecular weight is 1220 g/mol. The molecule has 4 aromatic rings. The van der Waals surface area contributed by atoms with Crippen molar-refractivity contribution < 1.29 is 93.5 Å². The van der Waals surface area contributed by atoms with E-state index in [0.717, 1.165) is 0 Å². The van der Waals surface area contributed by atoms with Crippen LogP contribution in [0.15, 0.2) is 0 Å². The molecule has 0 radical (unpaired) electrons. The van der Waals surface area contributed by atoms with Gasteiger partial charge in [0, 0.05) is 0 Å². The molecule has 0 aromatic heterocycles. The zero-order valence-electron chi connectivity index (χ0n) is 47.5. The molecule has 0 aliphatic heterocycles. The lowest BCUT2D eigenvalue weighted by Gasteiger charge is -2.44. The third-order valence-electron chi connectivity index (χ3n) is 15.6. The summed E-state index contributed by atoms with van der Waals surface area (Å²) in [4.78, 5) is 0. The summed E-state index contributed by atoms with van der Waals surface area (Å²) in [7, 11) is 0. The molecule has 0 spiro atoms. The number of quaternary nitrogens is 1. The Morgan fingerprint density at radius 2 is 0.325 bits per heavy atom. The van der Waals surface area contributed by atoms with E-state index in [1.165, 1.54) is 218 Å². The van der Waals surface area contributed by atoms with Crippen molar-refractivity contribution in [3.63, 3.8) is 0 Å². The van der Waals surface area contributed by atoms with Crippen molar-refractivity contribution in [3.05, 3.63) is 116 Å². The van der Waals surface area contributed by atoms with Gasteiger partial charge >= 0.3 is 0 Å². The second-order valence-electron chi connectivity index (χ2n) is 21.9. The van der Waals surface area contributed by atoms with Crippen molar-refractivity contribution in [3.8, 4) is 0 Å². The molecule has 4 aromatic carbocycles. The molecule has 0 saturated carbocycles. The number of rotatable bonds is 38. The summed E-state index contributed by atoms with van der Waals surface area (Å²) >= 11 is 0. The molecule has 0 aliphatic carbocycles. The van der Waals surface area contributed by atoms with Crippen molar-refractivity contribution in [2.24, 2.45) is 0 Å². The lowest BCUT2D eigenvalue weighted by molar-refractivity contribution is -0.423. The molecule has 1 nitrogen and oxygen atoms in total. The van der Waals surface area contributed by atoms with Crippen LogP contribution in [0.4, 0.5) is 87.8 Å². The molecule has 0 fully saturated rings. The van der Waals surface area contributed by atoms with Gasteiger partial charge < -0.3 is 5.73 Å². The van der Waals surface area contributed by atoms with Crippen LogP contribution in [0.3, 0.4) is 0 Å². The molecule has 0 aliphatic rings. The first-order chi connectivity index (χ1) is 39.5. The van der Waals surface area contributed by atoms with E-state index in [1.807, 2.05) is 0 Å². The predicted molar refractivity (Wildman–Crippen MR) is 284 cm³/mol. The third-order valence-corrected chi connectivity index (χ3v) is 15.6. The van der Waals surface area contributed by atoms with Gasteiger partial charge in [-0.1, -0.05) is 206 Å². The highest BCUT2D eigenvalue weighted by Gasteiger charge is 2.52. The van der Waals surface area contributed by atoms with E-state index in [9.17, 15) is 52.7 Å². The summed E-state index contributed by atoms with van der Waals surface area (Å²) in [5.41, 5.74) is -9.88. The summed E-state index contributed by atoms with van der Waals surface area (Å²) < 4.78 is 294. The standard InChI is InChI=1S/C37H77N.C24BF20/c1-3-5-7-9-11-13-15-17-19-21-23-25-27-29-31-33-35-37(38)36-34-32-30-28-26-24-22-20-18-16-14-12-10-8-6-4-2;26-5-1(6(27)14(35)21(42)13(5)34)25(2-7(28)15(36)22(43)16(37)8(2)29,3-9(30)17(38)23(44)18(39)10(3)31)4-11(32)19(40)24(45)20(41)12(4)33/h37H,3-36,38H2,1-2H3;/q;-1/p+1. The SMILES string of the molecule is CCCCCCCCCCCCCCCCCCC([NH3+])CCCCCCCCCCCCCCCCCC.Fc1c(F)c(F)c([B-](c2c(F)c(F)c(F)c(F)c2F)(c2c(F)c(F)c(F)c(F)c2F)c2c(F)c(F)c(F)c(F)c2F)c(F)c1F. The van der Waals surface area contributed by atoms with Crippen LogP contribution in [0.1, 0.15) is 232 Å². The first kappa shape index (κ1) is 72.8. The van der Waals surface area contributed by atoms with E-state index in [2.05, 4.69) is 19.6 Å². The van der Waals surface area contributed by atoms with Crippen LogP contribution in [-0.4, -0.2) is 12.2 Å². The van der Waals surface area contributed by atoms with Crippen molar-refractivity contribution in [2.75, 3.05) is 0 Å². The van der Waals surface area contributed by atoms with Gasteiger partial charge in [-0.25, -0.2) is 87.8 Å². The maximum absolute atomic E-state index is 15.4. The van der Waals surface area contributed by atoms with Crippen molar-refractivity contribution >= 4 is 28.0 Å². The van der Waals surface area contributed by atoms with E-state index < -0.39 is 144 Å². The Hall–Kier alpha value is -4.50. The topological polar surface area (TPSA) is 27.6 Å². The molecule has 4 rings (SSSR count). The third kappa shape index (κ3) is 19.2. The maximum atomic E-state index is 15.4. The molecule has 0 bridgehead atoms. The monoisotopic (exact) mass is 1220 g/mol. The molecular formula is C61H78BF20N. The number of hydrogen-bond donors (Lipinski definition) is 1. The molecule has 0 saturated heterocycles. The molecule has 0 heterocycles. The van der Waals surface area contributed by atoms with E-state index in [0.29, 0.717) is 6.04 Å². The Kier molecular flexibility index (Phi) is 32.6. The average Bonchev–Trinajstić information content (AvgIpc) is 0.782. The van der Waals surface area contributed by atoms with Gasteiger partial charge in [0.1, 0.15) is 52.7 Å². The lowest BCUT2D eigenvalue weighted by Crippen LogP contribution is -2.81. The highest BCUT2D eigenvalue weighted by atomic mass is 19.2. The first-order valence-electron chi connectivity index (χ1n) is 29.6. The zero-order chi connectivity index (χ0) is 62.0. The summed E-state index contributed by atoms with van der Waals surface area (Å²) in [5, 5.41) is 0. The highest BCUT2D eigenvalue weighted by Crippen LogP contribution is 2.31. The summed E-state index contributed by atoms with van der Waals surface area (Å²) in [6.07, 6.45) is 42.3. The zero-order valence-corrected chi connectivity index (χ0v) is 47.5. The van der Waals surface area contributed by atoms with E-state index >= 15 is 35.1 Å². The van der Waals surface area contributed by atoms with Gasteiger partial charge in [-0.15, -0.1) is 21.9 Å². The van der Waals surface area contributed by atoms with Gasteiger partial charge in [-0.3, -0.25) is 0 Å². The fourth-order valence-corrected chi connectivity index (χ4v) is 11.0. The van der Waals surface area contributed by atoms with Crippen molar-refractivity contribution in [1.29, 1.82) is 0 Å². The largest absolute Gasteiger partial charge is 0.355 e. The number of halogens is 20. The number of hydrogen-bond acceptors (Lipinski definition) is 0. The van der Waals surface area contributed by atoms with Gasteiger partial charge in [-0.2, -0.15) is 0 Å². The van der Waals surface area contributed by atoms with Gasteiger partial charge in [0.25, 0.3) is 0 Å². The quantitative estimate of drug-likeness (QED) is 0.0152. The summed E-state index contributed by atoms with van der Waals surface area (Å²) in [6.45, 7) is 4.61. The second-order valence-corrected chi connectivity index (χ2v) is 21.9. The predicted octanol–water partition coefficient (Wildman–Crippen LogP) is 18.7. The Labute approximate surface area is 474 Å². The molecule has 0 amide bonds. The van der Waals surface area contributed by atoms with Crippen LogP contribution in [-0.2, 0) is 0 Å². The van der Waals surface area contributed by atoms with Crippen LogP contribution in [0.2, 0.25) is 0 Å². The Bertz CT molecular complexity index is 2210. The molecule has 0 atom stereocenters. The molecular weight excluding hydrogens is 1140 g/mol. The van der Waals surface area contributed by atoms with Crippen molar-refractivity contribution in [2.45, 2.75) is 238 Å². The van der Waals surface area contributed by atoms with Crippen LogP contribution in [0.5, 0.6) is 0 Å². The van der Waals surface area contributed by atoms with Crippen LogP contribution >= 0.6 is 0 Å². The fraction of sp³-hybridized carbons (Fsp3) is 0.607. The smallest absolute Gasteiger partial charge is 0.200 e. The Balaban J connectivity index is 0.000000443. The minimum atomic E-state index is -7.22. The highest BCUT2D eigenvalue weighted by molar-refractivity contribution is 7.20. The molecule has 83 heavy (non-hydrogen) atoms. The molecule has 0 unspecified atom stereocenters. The summed E-state index contributed by atoms with van der Waals surface area (Å²) in [5.74, 6) is -71.4. The normalized spacial score (nSPS) is 11.9. The lowest BCUT2D eigenvalue weighted by atomic mass is 9.12. The van der Waals surface area contributed by atoms with Crippen LogP contribution in [0, 0.1) is 116 Å².